The highest BCUT2D eigenvalue weighted by Crippen LogP contribution is 2.31. The minimum absolute atomic E-state index is 0.149. The fraction of sp³-hybridized carbons (Fsp3) is 0.909. The molecule has 0 aromatic heterocycles. The van der Waals surface area contributed by atoms with Crippen molar-refractivity contribution in [3.63, 3.8) is 0 Å². The van der Waals surface area contributed by atoms with Gasteiger partial charge in [-0.2, -0.15) is 11.8 Å². The molecule has 0 radical (unpaired) electrons. The molecule has 86 valence electrons. The molecule has 0 bridgehead atoms. The van der Waals surface area contributed by atoms with Crippen LogP contribution in [0.5, 0.6) is 0 Å². The lowest BCUT2D eigenvalue weighted by Gasteiger charge is -2.41. The molecule has 2 rings (SSSR count). The molecule has 2 aliphatic heterocycles. The van der Waals surface area contributed by atoms with Gasteiger partial charge < -0.3 is 5.11 Å². The van der Waals surface area contributed by atoms with E-state index in [1.807, 2.05) is 11.8 Å². The third kappa shape index (κ3) is 2.31. The van der Waals surface area contributed by atoms with Crippen LogP contribution < -0.4 is 0 Å². The number of carboxylic acid groups (broad SMARTS) is 1. The van der Waals surface area contributed by atoms with Gasteiger partial charge in [0.25, 0.3) is 0 Å². The smallest absolute Gasteiger partial charge is 0.308 e. The summed E-state index contributed by atoms with van der Waals surface area (Å²) in [5, 5.41) is 9.14. The quantitative estimate of drug-likeness (QED) is 0.782. The molecule has 0 aromatic rings. The zero-order chi connectivity index (χ0) is 10.8. The summed E-state index contributed by atoms with van der Waals surface area (Å²) in [7, 11) is 0. The minimum atomic E-state index is -0.613. The van der Waals surface area contributed by atoms with Gasteiger partial charge in [-0.25, -0.2) is 0 Å². The Morgan fingerprint density at radius 2 is 2.27 bits per heavy atom. The molecule has 2 aliphatic rings. The lowest BCUT2D eigenvalue weighted by molar-refractivity contribution is -0.146. The van der Waals surface area contributed by atoms with E-state index in [0.717, 1.165) is 19.4 Å². The molecule has 0 aliphatic carbocycles. The molecule has 3 unspecified atom stereocenters. The zero-order valence-corrected chi connectivity index (χ0v) is 10.0. The number of hydrogen-bond donors (Lipinski definition) is 1. The highest BCUT2D eigenvalue weighted by atomic mass is 32.2. The molecule has 0 spiro atoms. The summed E-state index contributed by atoms with van der Waals surface area (Å²) >= 11 is 2.00. The largest absolute Gasteiger partial charge is 0.481 e. The fourth-order valence-corrected chi connectivity index (χ4v) is 4.03. The van der Waals surface area contributed by atoms with Crippen LogP contribution in [0.3, 0.4) is 0 Å². The number of likely N-dealkylation sites (tertiary alicyclic amines) is 1. The molecule has 4 heteroatoms. The second-order valence-corrected chi connectivity index (χ2v) is 5.73. The van der Waals surface area contributed by atoms with Crippen LogP contribution in [0.2, 0.25) is 0 Å². The van der Waals surface area contributed by atoms with Crippen molar-refractivity contribution in [1.29, 1.82) is 0 Å². The van der Waals surface area contributed by atoms with Gasteiger partial charge in [0.15, 0.2) is 0 Å². The Balaban J connectivity index is 2.01. The summed E-state index contributed by atoms with van der Waals surface area (Å²) < 4.78 is 0. The molecular formula is C11H19NO2S. The van der Waals surface area contributed by atoms with E-state index in [-0.39, 0.29) is 12.0 Å². The second kappa shape index (κ2) is 4.74. The van der Waals surface area contributed by atoms with Crippen LogP contribution in [0, 0.1) is 5.92 Å². The van der Waals surface area contributed by atoms with E-state index in [0.29, 0.717) is 6.04 Å². The predicted octanol–water partition coefficient (Wildman–Crippen LogP) is 1.68. The van der Waals surface area contributed by atoms with Gasteiger partial charge in [-0.15, -0.1) is 0 Å². The summed E-state index contributed by atoms with van der Waals surface area (Å²) in [6.07, 6.45) is 3.14. The highest BCUT2D eigenvalue weighted by molar-refractivity contribution is 7.99. The van der Waals surface area contributed by atoms with Gasteiger partial charge in [-0.05, 0) is 38.5 Å². The van der Waals surface area contributed by atoms with Crippen LogP contribution in [0.15, 0.2) is 0 Å². The lowest BCUT2D eigenvalue weighted by atomic mass is 9.89. The number of carbonyl (C=O) groups is 1. The number of aliphatic carboxylic acids is 1. The van der Waals surface area contributed by atoms with Gasteiger partial charge >= 0.3 is 5.97 Å². The number of rotatable bonds is 2. The van der Waals surface area contributed by atoms with Gasteiger partial charge in [-0.3, -0.25) is 9.69 Å². The third-order valence-electron chi connectivity index (χ3n) is 3.73. The Labute approximate surface area is 95.2 Å². The number of thioether (sulfide) groups is 1. The fourth-order valence-electron chi connectivity index (χ4n) is 2.80. The van der Waals surface area contributed by atoms with Gasteiger partial charge in [-0.1, -0.05) is 0 Å². The molecule has 15 heavy (non-hydrogen) atoms. The summed E-state index contributed by atoms with van der Waals surface area (Å²) in [4.78, 5) is 13.5. The summed E-state index contributed by atoms with van der Waals surface area (Å²) in [6, 6.07) is 0.854. The molecular weight excluding hydrogens is 210 g/mol. The van der Waals surface area contributed by atoms with Crippen LogP contribution in [0.1, 0.15) is 26.2 Å². The maximum absolute atomic E-state index is 11.1. The number of nitrogens with zero attached hydrogens (tertiary/aromatic N) is 1. The predicted molar refractivity (Wildman–Crippen MR) is 62.3 cm³/mol. The van der Waals surface area contributed by atoms with Crippen LogP contribution in [0.4, 0.5) is 0 Å². The van der Waals surface area contributed by atoms with Crippen LogP contribution in [0.25, 0.3) is 0 Å². The number of piperidine rings is 1. The van der Waals surface area contributed by atoms with E-state index >= 15 is 0 Å². The third-order valence-corrected chi connectivity index (χ3v) is 4.87. The van der Waals surface area contributed by atoms with E-state index in [9.17, 15) is 4.79 Å². The first-order valence-corrected chi connectivity index (χ1v) is 6.92. The summed E-state index contributed by atoms with van der Waals surface area (Å²) in [5.74, 6) is 1.67. The van der Waals surface area contributed by atoms with Crippen molar-refractivity contribution < 1.29 is 9.90 Å². The highest BCUT2D eigenvalue weighted by Gasteiger charge is 2.36. The zero-order valence-electron chi connectivity index (χ0n) is 9.19. The standard InChI is InChI=1S/C11H19NO2S/c1-8-10(11(13)14)3-2-5-12(8)9-4-6-15-7-9/h8-10H,2-7H2,1H3,(H,13,14). The first-order chi connectivity index (χ1) is 7.20. The van der Waals surface area contributed by atoms with Crippen molar-refractivity contribution in [2.45, 2.75) is 38.3 Å². The Morgan fingerprint density at radius 3 is 2.87 bits per heavy atom. The molecule has 3 nitrogen and oxygen atoms in total. The van der Waals surface area contributed by atoms with Gasteiger partial charge in [0.05, 0.1) is 5.92 Å². The Hall–Kier alpha value is -0.220. The SMILES string of the molecule is CC1C(C(=O)O)CCCN1C1CCSC1. The summed E-state index contributed by atoms with van der Waals surface area (Å²) in [6.45, 7) is 3.18. The van der Waals surface area contributed by atoms with Crippen LogP contribution >= 0.6 is 11.8 Å². The minimum Gasteiger partial charge on any atom is -0.481 e. The molecule has 2 fully saturated rings. The molecule has 2 saturated heterocycles. The van der Waals surface area contributed by atoms with Crippen molar-refractivity contribution in [3.05, 3.63) is 0 Å². The Morgan fingerprint density at radius 1 is 1.47 bits per heavy atom. The van der Waals surface area contributed by atoms with E-state index in [1.54, 1.807) is 0 Å². The second-order valence-electron chi connectivity index (χ2n) is 4.58. The molecule has 3 atom stereocenters. The topological polar surface area (TPSA) is 40.5 Å². The monoisotopic (exact) mass is 229 g/mol. The van der Waals surface area contributed by atoms with Gasteiger partial charge in [0, 0.05) is 17.8 Å². The average molecular weight is 229 g/mol. The van der Waals surface area contributed by atoms with Crippen LogP contribution in [-0.2, 0) is 4.79 Å². The number of carboxylic acids is 1. The van der Waals surface area contributed by atoms with Gasteiger partial charge in [0.1, 0.15) is 0 Å². The first kappa shape index (κ1) is 11.3. The van der Waals surface area contributed by atoms with E-state index in [1.165, 1.54) is 17.9 Å². The summed E-state index contributed by atoms with van der Waals surface area (Å²) in [5.41, 5.74) is 0. The van der Waals surface area contributed by atoms with Gasteiger partial charge in [0.2, 0.25) is 0 Å². The van der Waals surface area contributed by atoms with E-state index in [4.69, 9.17) is 5.11 Å². The van der Waals surface area contributed by atoms with Crippen LogP contribution in [-0.4, -0.2) is 46.1 Å². The molecule has 0 amide bonds. The molecule has 1 N–H and O–H groups in total. The maximum Gasteiger partial charge on any atom is 0.308 e. The van der Waals surface area contributed by atoms with Crippen molar-refractivity contribution in [1.82, 2.24) is 4.90 Å². The maximum atomic E-state index is 11.1. The van der Waals surface area contributed by atoms with Crippen molar-refractivity contribution in [3.8, 4) is 0 Å². The van der Waals surface area contributed by atoms with E-state index < -0.39 is 5.97 Å². The average Bonchev–Trinajstić information content (AvgIpc) is 2.70. The number of hydrogen-bond acceptors (Lipinski definition) is 3. The Kier molecular flexibility index (Phi) is 3.57. The first-order valence-electron chi connectivity index (χ1n) is 5.76. The van der Waals surface area contributed by atoms with Crippen molar-refractivity contribution >= 4 is 17.7 Å². The molecule has 2 heterocycles. The van der Waals surface area contributed by atoms with E-state index in [2.05, 4.69) is 11.8 Å². The lowest BCUT2D eigenvalue weighted by Crippen LogP contribution is -2.51. The normalized spacial score (nSPS) is 38.1. The molecule has 0 aromatic carbocycles. The van der Waals surface area contributed by atoms with Crippen molar-refractivity contribution in [2.24, 2.45) is 5.92 Å². The van der Waals surface area contributed by atoms with Crippen molar-refractivity contribution in [2.75, 3.05) is 18.1 Å². The molecule has 0 saturated carbocycles. The Bertz CT molecular complexity index is 241.